The van der Waals surface area contributed by atoms with Gasteiger partial charge in [-0.05, 0) is 6.07 Å². The van der Waals surface area contributed by atoms with Crippen LogP contribution in [0.1, 0.15) is 5.56 Å². The molecule has 0 fully saturated rings. The van der Waals surface area contributed by atoms with Gasteiger partial charge in [-0.2, -0.15) is 0 Å². The molecule has 0 aliphatic carbocycles. The van der Waals surface area contributed by atoms with Crippen LogP contribution in [-0.2, 0) is 5.33 Å². The van der Waals surface area contributed by atoms with E-state index in [1.54, 1.807) is 0 Å². The van der Waals surface area contributed by atoms with Crippen LogP contribution >= 0.6 is 15.9 Å². The van der Waals surface area contributed by atoms with Crippen molar-refractivity contribution in [2.24, 2.45) is 0 Å². The van der Waals surface area contributed by atoms with Crippen molar-refractivity contribution in [1.29, 1.82) is 0 Å². The Bertz CT molecular complexity index is 286. The fourth-order valence-corrected chi connectivity index (χ4v) is 1.41. The van der Waals surface area contributed by atoms with Gasteiger partial charge in [-0.3, -0.25) is 0 Å². The molecule has 3 nitrogen and oxygen atoms in total. The molecule has 0 aliphatic rings. The zero-order valence-electron chi connectivity index (χ0n) is 6.54. The van der Waals surface area contributed by atoms with E-state index in [1.165, 1.54) is 19.2 Å². The van der Waals surface area contributed by atoms with Crippen molar-refractivity contribution < 1.29 is 14.9 Å². The second-order valence-corrected chi connectivity index (χ2v) is 2.85. The minimum atomic E-state index is -0.0491. The van der Waals surface area contributed by atoms with Gasteiger partial charge in [-0.25, -0.2) is 0 Å². The molecule has 4 heteroatoms. The van der Waals surface area contributed by atoms with Crippen LogP contribution in [0.2, 0.25) is 0 Å². The Morgan fingerprint density at radius 1 is 1.42 bits per heavy atom. The Kier molecular flexibility index (Phi) is 2.81. The summed E-state index contributed by atoms with van der Waals surface area (Å²) in [5, 5.41) is 18.9. The van der Waals surface area contributed by atoms with Gasteiger partial charge in [0, 0.05) is 17.0 Å². The summed E-state index contributed by atoms with van der Waals surface area (Å²) in [5.74, 6) is 0.374. The van der Waals surface area contributed by atoms with Gasteiger partial charge in [0.25, 0.3) is 0 Å². The molecule has 1 aromatic carbocycles. The summed E-state index contributed by atoms with van der Waals surface area (Å²) in [6.07, 6.45) is 0. The van der Waals surface area contributed by atoms with Crippen LogP contribution in [0, 0.1) is 0 Å². The normalized spacial score (nSPS) is 9.83. The minimum Gasteiger partial charge on any atom is -0.508 e. The molecule has 0 aromatic heterocycles. The van der Waals surface area contributed by atoms with E-state index >= 15 is 0 Å². The monoisotopic (exact) mass is 232 g/mol. The number of phenols is 2. The van der Waals surface area contributed by atoms with Gasteiger partial charge in [0.15, 0.2) is 11.5 Å². The third-order valence-corrected chi connectivity index (χ3v) is 2.08. The molecule has 0 heterocycles. The number of halogens is 1. The summed E-state index contributed by atoms with van der Waals surface area (Å²) in [5.41, 5.74) is 0.718. The van der Waals surface area contributed by atoms with Crippen LogP contribution in [0.3, 0.4) is 0 Å². The van der Waals surface area contributed by atoms with Crippen LogP contribution in [0.4, 0.5) is 0 Å². The van der Waals surface area contributed by atoms with E-state index in [-0.39, 0.29) is 11.5 Å². The standard InChI is InChI=1S/C8H9BrO3/c1-12-8-5(4-9)2-6(10)3-7(8)11/h2-3,10-11H,4H2,1H3. The van der Waals surface area contributed by atoms with Crippen molar-refractivity contribution in [1.82, 2.24) is 0 Å². The van der Waals surface area contributed by atoms with Crippen molar-refractivity contribution in [2.75, 3.05) is 7.11 Å². The van der Waals surface area contributed by atoms with Crippen molar-refractivity contribution >= 4 is 15.9 Å². The molecule has 0 bridgehead atoms. The summed E-state index contributed by atoms with van der Waals surface area (Å²) < 4.78 is 4.93. The Hall–Kier alpha value is -0.900. The van der Waals surface area contributed by atoms with E-state index in [4.69, 9.17) is 9.84 Å². The van der Waals surface area contributed by atoms with Crippen molar-refractivity contribution in [3.63, 3.8) is 0 Å². The van der Waals surface area contributed by atoms with Crippen LogP contribution < -0.4 is 4.74 Å². The van der Waals surface area contributed by atoms with E-state index in [9.17, 15) is 5.11 Å². The number of aromatic hydroxyl groups is 2. The zero-order chi connectivity index (χ0) is 9.14. The lowest BCUT2D eigenvalue weighted by Gasteiger charge is -2.08. The molecule has 0 atom stereocenters. The average molecular weight is 233 g/mol. The van der Waals surface area contributed by atoms with Crippen molar-refractivity contribution in [3.8, 4) is 17.2 Å². The Balaban J connectivity index is 3.24. The van der Waals surface area contributed by atoms with Crippen molar-refractivity contribution in [3.05, 3.63) is 17.7 Å². The maximum absolute atomic E-state index is 9.30. The molecule has 0 aliphatic heterocycles. The SMILES string of the molecule is COc1c(O)cc(O)cc1CBr. The zero-order valence-corrected chi connectivity index (χ0v) is 8.13. The number of rotatable bonds is 2. The van der Waals surface area contributed by atoms with Crippen LogP contribution in [-0.4, -0.2) is 17.3 Å². The summed E-state index contributed by atoms with van der Waals surface area (Å²) in [6.45, 7) is 0. The van der Waals surface area contributed by atoms with Gasteiger partial charge in [-0.15, -0.1) is 0 Å². The lowest BCUT2D eigenvalue weighted by atomic mass is 10.2. The number of hydrogen-bond acceptors (Lipinski definition) is 3. The minimum absolute atomic E-state index is 0.0303. The van der Waals surface area contributed by atoms with Gasteiger partial charge in [0.05, 0.1) is 7.11 Å². The van der Waals surface area contributed by atoms with E-state index in [2.05, 4.69) is 15.9 Å². The van der Waals surface area contributed by atoms with E-state index in [1.807, 2.05) is 0 Å². The molecule has 0 saturated carbocycles. The van der Waals surface area contributed by atoms with Gasteiger partial charge in [0.1, 0.15) is 5.75 Å². The highest BCUT2D eigenvalue weighted by Crippen LogP contribution is 2.35. The Morgan fingerprint density at radius 2 is 2.08 bits per heavy atom. The number of hydrogen-bond donors (Lipinski definition) is 2. The first-order valence-corrected chi connectivity index (χ1v) is 4.46. The molecule has 12 heavy (non-hydrogen) atoms. The van der Waals surface area contributed by atoms with Crippen LogP contribution in [0.15, 0.2) is 12.1 Å². The highest BCUT2D eigenvalue weighted by molar-refractivity contribution is 9.08. The first kappa shape index (κ1) is 9.19. The maximum Gasteiger partial charge on any atom is 0.164 e. The third kappa shape index (κ3) is 1.64. The fraction of sp³-hybridized carbons (Fsp3) is 0.250. The highest BCUT2D eigenvalue weighted by atomic mass is 79.9. The topological polar surface area (TPSA) is 49.7 Å². The number of methoxy groups -OCH3 is 1. The second-order valence-electron chi connectivity index (χ2n) is 2.29. The van der Waals surface area contributed by atoms with E-state index in [0.717, 1.165) is 5.56 Å². The summed E-state index contributed by atoms with van der Waals surface area (Å²) in [6, 6.07) is 2.78. The van der Waals surface area contributed by atoms with Gasteiger partial charge in [-0.1, -0.05) is 15.9 Å². The molecule has 0 amide bonds. The largest absolute Gasteiger partial charge is 0.508 e. The molecule has 0 saturated heterocycles. The molecule has 2 N–H and O–H groups in total. The number of benzene rings is 1. The van der Waals surface area contributed by atoms with E-state index < -0.39 is 0 Å². The summed E-state index contributed by atoms with van der Waals surface area (Å²) >= 11 is 3.22. The molecule has 66 valence electrons. The van der Waals surface area contributed by atoms with E-state index in [0.29, 0.717) is 11.1 Å². The lowest BCUT2D eigenvalue weighted by Crippen LogP contribution is -1.89. The Labute approximate surface area is 78.7 Å². The molecular weight excluding hydrogens is 224 g/mol. The number of ether oxygens (including phenoxy) is 1. The number of phenolic OH excluding ortho intramolecular Hbond substituents is 2. The average Bonchev–Trinajstić information content (AvgIpc) is 2.03. The third-order valence-electron chi connectivity index (χ3n) is 1.48. The predicted molar refractivity (Wildman–Crippen MR) is 49.0 cm³/mol. The molecule has 1 aromatic rings. The van der Waals surface area contributed by atoms with Gasteiger partial charge in [0.2, 0.25) is 0 Å². The predicted octanol–water partition coefficient (Wildman–Crippen LogP) is 2.00. The first-order chi connectivity index (χ1) is 5.69. The van der Waals surface area contributed by atoms with Crippen molar-refractivity contribution in [2.45, 2.75) is 5.33 Å². The molecule has 1 rings (SSSR count). The Morgan fingerprint density at radius 3 is 2.58 bits per heavy atom. The quantitative estimate of drug-likeness (QED) is 0.768. The highest BCUT2D eigenvalue weighted by Gasteiger charge is 2.08. The molecular formula is C8H9BrO3. The summed E-state index contributed by atoms with van der Waals surface area (Å²) in [4.78, 5) is 0. The van der Waals surface area contributed by atoms with Crippen LogP contribution in [0.25, 0.3) is 0 Å². The van der Waals surface area contributed by atoms with Gasteiger partial charge < -0.3 is 14.9 Å². The molecule has 0 radical (unpaired) electrons. The maximum atomic E-state index is 9.30. The van der Waals surface area contributed by atoms with Gasteiger partial charge >= 0.3 is 0 Å². The molecule has 0 spiro atoms. The number of alkyl halides is 1. The van der Waals surface area contributed by atoms with Crippen LogP contribution in [0.5, 0.6) is 17.2 Å². The first-order valence-electron chi connectivity index (χ1n) is 3.34. The fourth-order valence-electron chi connectivity index (χ4n) is 0.991. The lowest BCUT2D eigenvalue weighted by molar-refractivity contribution is 0.366. The smallest absolute Gasteiger partial charge is 0.164 e. The summed E-state index contributed by atoms with van der Waals surface area (Å²) in [7, 11) is 1.47. The second kappa shape index (κ2) is 3.67. The molecule has 0 unspecified atom stereocenters.